The molecule has 0 aromatic rings. The second-order valence-electron chi connectivity index (χ2n) is 3.56. The van der Waals surface area contributed by atoms with Gasteiger partial charge in [0.15, 0.2) is 5.84 Å². The van der Waals surface area contributed by atoms with E-state index in [1.807, 2.05) is 6.26 Å². The summed E-state index contributed by atoms with van der Waals surface area (Å²) in [6.07, 6.45) is 1.93. The van der Waals surface area contributed by atoms with Gasteiger partial charge in [-0.15, -0.1) is 0 Å². The maximum absolute atomic E-state index is 9.79. The minimum absolute atomic E-state index is 0.116. The zero-order chi connectivity index (χ0) is 11.2. The van der Waals surface area contributed by atoms with Crippen molar-refractivity contribution in [3.63, 3.8) is 0 Å². The van der Waals surface area contributed by atoms with E-state index < -0.39 is 5.60 Å². The van der Waals surface area contributed by atoms with Gasteiger partial charge in [0.25, 0.3) is 0 Å². The Morgan fingerprint density at radius 2 is 2.29 bits per heavy atom. The van der Waals surface area contributed by atoms with Gasteiger partial charge in [0, 0.05) is 12.3 Å². The standard InChI is InChI=1S/C8H19N3O2S/c1-6(7(9)11-13)10-4-8(2,12)5-14-3/h6,10,12-13H,4-5H2,1-3H3,(H2,9,11). The number of oxime groups is 1. The van der Waals surface area contributed by atoms with E-state index in [-0.39, 0.29) is 11.9 Å². The molecule has 0 aliphatic rings. The number of thioether (sulfide) groups is 1. The maximum atomic E-state index is 9.79. The number of hydrogen-bond acceptors (Lipinski definition) is 5. The molecule has 6 heteroatoms. The van der Waals surface area contributed by atoms with Crippen molar-refractivity contribution in [2.45, 2.75) is 25.5 Å². The van der Waals surface area contributed by atoms with Crippen molar-refractivity contribution in [2.75, 3.05) is 18.6 Å². The number of rotatable bonds is 6. The van der Waals surface area contributed by atoms with Gasteiger partial charge in [0.1, 0.15) is 0 Å². The van der Waals surface area contributed by atoms with Crippen molar-refractivity contribution < 1.29 is 10.3 Å². The number of aliphatic hydroxyl groups is 1. The van der Waals surface area contributed by atoms with E-state index in [4.69, 9.17) is 10.9 Å². The van der Waals surface area contributed by atoms with Crippen LogP contribution in [-0.2, 0) is 0 Å². The second kappa shape index (κ2) is 6.10. The van der Waals surface area contributed by atoms with E-state index >= 15 is 0 Å². The van der Waals surface area contributed by atoms with E-state index in [1.165, 1.54) is 0 Å². The average Bonchev–Trinajstić information content (AvgIpc) is 2.13. The quantitative estimate of drug-likeness (QED) is 0.216. The smallest absolute Gasteiger partial charge is 0.156 e. The van der Waals surface area contributed by atoms with Gasteiger partial charge < -0.3 is 21.4 Å². The minimum atomic E-state index is -0.774. The van der Waals surface area contributed by atoms with E-state index in [1.54, 1.807) is 25.6 Å². The van der Waals surface area contributed by atoms with Gasteiger partial charge in [0.05, 0.1) is 11.6 Å². The summed E-state index contributed by atoms with van der Waals surface area (Å²) in [5.74, 6) is 0.757. The first-order chi connectivity index (χ1) is 6.43. The molecule has 0 aromatic carbocycles. The fraction of sp³-hybridized carbons (Fsp3) is 0.875. The van der Waals surface area contributed by atoms with Gasteiger partial charge in [0.2, 0.25) is 0 Å². The summed E-state index contributed by atoms with van der Waals surface area (Å²) in [6, 6.07) is -0.242. The van der Waals surface area contributed by atoms with Crippen LogP contribution in [0.3, 0.4) is 0 Å². The molecule has 84 valence electrons. The molecule has 0 radical (unpaired) electrons. The fourth-order valence-corrected chi connectivity index (χ4v) is 1.65. The maximum Gasteiger partial charge on any atom is 0.156 e. The molecule has 0 bridgehead atoms. The summed E-state index contributed by atoms with van der Waals surface area (Å²) >= 11 is 1.57. The molecular weight excluding hydrogens is 202 g/mol. The highest BCUT2D eigenvalue weighted by Crippen LogP contribution is 2.09. The van der Waals surface area contributed by atoms with Crippen LogP contribution in [0.2, 0.25) is 0 Å². The van der Waals surface area contributed by atoms with Gasteiger partial charge in [-0.1, -0.05) is 5.16 Å². The molecule has 5 N–H and O–H groups in total. The van der Waals surface area contributed by atoms with Crippen molar-refractivity contribution in [1.29, 1.82) is 0 Å². The Balaban J connectivity index is 3.93. The first kappa shape index (κ1) is 13.5. The zero-order valence-corrected chi connectivity index (χ0v) is 9.64. The molecule has 0 aromatic heterocycles. The highest BCUT2D eigenvalue weighted by molar-refractivity contribution is 7.98. The molecule has 14 heavy (non-hydrogen) atoms. The largest absolute Gasteiger partial charge is 0.409 e. The highest BCUT2D eigenvalue weighted by atomic mass is 32.2. The Morgan fingerprint density at radius 3 is 2.71 bits per heavy atom. The van der Waals surface area contributed by atoms with Crippen LogP contribution in [-0.4, -0.2) is 46.3 Å². The van der Waals surface area contributed by atoms with Crippen LogP contribution >= 0.6 is 11.8 Å². The van der Waals surface area contributed by atoms with Crippen molar-refractivity contribution in [1.82, 2.24) is 5.32 Å². The lowest BCUT2D eigenvalue weighted by atomic mass is 10.1. The molecule has 0 spiro atoms. The summed E-state index contributed by atoms with van der Waals surface area (Å²) in [5.41, 5.74) is 4.60. The normalized spacial score (nSPS) is 19.0. The van der Waals surface area contributed by atoms with E-state index in [0.29, 0.717) is 12.3 Å². The van der Waals surface area contributed by atoms with E-state index in [0.717, 1.165) is 0 Å². The fourth-order valence-electron chi connectivity index (χ4n) is 0.926. The Bertz CT molecular complexity index is 197. The van der Waals surface area contributed by atoms with E-state index in [2.05, 4.69) is 10.5 Å². The molecule has 0 heterocycles. The van der Waals surface area contributed by atoms with Gasteiger partial charge in [-0.25, -0.2) is 0 Å². The molecular formula is C8H19N3O2S. The third kappa shape index (κ3) is 5.31. The van der Waals surface area contributed by atoms with Gasteiger partial charge >= 0.3 is 0 Å². The Morgan fingerprint density at radius 1 is 1.71 bits per heavy atom. The van der Waals surface area contributed by atoms with Crippen LogP contribution < -0.4 is 11.1 Å². The van der Waals surface area contributed by atoms with E-state index in [9.17, 15) is 5.11 Å². The number of amidine groups is 1. The second-order valence-corrected chi connectivity index (χ2v) is 4.42. The van der Waals surface area contributed by atoms with Gasteiger partial charge in [-0.2, -0.15) is 11.8 Å². The zero-order valence-electron chi connectivity index (χ0n) is 8.82. The Labute approximate surface area is 88.7 Å². The summed E-state index contributed by atoms with van der Waals surface area (Å²) in [5, 5.41) is 24.0. The van der Waals surface area contributed by atoms with Crippen LogP contribution in [0.15, 0.2) is 5.16 Å². The third-order valence-electron chi connectivity index (χ3n) is 1.80. The van der Waals surface area contributed by atoms with Crippen molar-refractivity contribution in [2.24, 2.45) is 10.9 Å². The molecule has 2 atom stereocenters. The van der Waals surface area contributed by atoms with Crippen molar-refractivity contribution >= 4 is 17.6 Å². The summed E-state index contributed by atoms with van der Waals surface area (Å²) < 4.78 is 0. The molecule has 0 rings (SSSR count). The number of nitrogens with one attached hydrogen (secondary N) is 1. The molecule has 0 amide bonds. The van der Waals surface area contributed by atoms with Crippen LogP contribution in [0.25, 0.3) is 0 Å². The number of hydrogen-bond donors (Lipinski definition) is 4. The molecule has 2 unspecified atom stereocenters. The number of nitrogens with two attached hydrogens (primary N) is 1. The van der Waals surface area contributed by atoms with Gasteiger partial charge in [-0.05, 0) is 20.1 Å². The summed E-state index contributed by atoms with van der Waals surface area (Å²) in [7, 11) is 0. The lowest BCUT2D eigenvalue weighted by Crippen LogP contribution is -2.47. The number of nitrogens with zero attached hydrogens (tertiary/aromatic N) is 1. The Kier molecular flexibility index (Phi) is 5.90. The minimum Gasteiger partial charge on any atom is -0.409 e. The first-order valence-electron chi connectivity index (χ1n) is 4.35. The van der Waals surface area contributed by atoms with Crippen molar-refractivity contribution in [3.05, 3.63) is 0 Å². The average molecular weight is 221 g/mol. The van der Waals surface area contributed by atoms with Crippen LogP contribution in [0.1, 0.15) is 13.8 Å². The predicted octanol–water partition coefficient (Wildman–Crippen LogP) is -0.175. The molecule has 0 aliphatic carbocycles. The van der Waals surface area contributed by atoms with Crippen LogP contribution in [0.4, 0.5) is 0 Å². The van der Waals surface area contributed by atoms with Crippen molar-refractivity contribution in [3.8, 4) is 0 Å². The Hall–Kier alpha value is -0.460. The predicted molar refractivity (Wildman–Crippen MR) is 59.9 cm³/mol. The lowest BCUT2D eigenvalue weighted by Gasteiger charge is -2.24. The molecule has 0 saturated heterocycles. The molecule has 0 aliphatic heterocycles. The summed E-state index contributed by atoms with van der Waals surface area (Å²) in [6.45, 7) is 3.92. The SMILES string of the molecule is CSCC(C)(O)CNC(C)C(N)=NO. The highest BCUT2D eigenvalue weighted by Gasteiger charge is 2.20. The van der Waals surface area contributed by atoms with Crippen LogP contribution in [0, 0.1) is 0 Å². The summed E-state index contributed by atoms with van der Waals surface area (Å²) in [4.78, 5) is 0. The topological polar surface area (TPSA) is 90.9 Å². The lowest BCUT2D eigenvalue weighted by molar-refractivity contribution is 0.0840. The molecule has 5 nitrogen and oxygen atoms in total. The van der Waals surface area contributed by atoms with Gasteiger partial charge in [-0.3, -0.25) is 0 Å². The van der Waals surface area contributed by atoms with Crippen LogP contribution in [0.5, 0.6) is 0 Å². The third-order valence-corrected chi connectivity index (χ3v) is 2.71. The first-order valence-corrected chi connectivity index (χ1v) is 5.74. The monoisotopic (exact) mass is 221 g/mol. The molecule has 0 saturated carbocycles. The molecule has 0 fully saturated rings.